The van der Waals surface area contributed by atoms with Gasteiger partial charge in [-0.2, -0.15) is 0 Å². The summed E-state index contributed by atoms with van der Waals surface area (Å²) in [6, 6.07) is 14.1. The molecule has 1 saturated heterocycles. The average molecular weight is 392 g/mol. The maximum Gasteiger partial charge on any atom is 0.288 e. The lowest BCUT2D eigenvalue weighted by Crippen LogP contribution is -2.42. The summed E-state index contributed by atoms with van der Waals surface area (Å²) in [6.45, 7) is 1.35. The maximum atomic E-state index is 11.6. The summed E-state index contributed by atoms with van der Waals surface area (Å²) in [4.78, 5) is 29.0. The van der Waals surface area contributed by atoms with Gasteiger partial charge in [-0.25, -0.2) is 9.67 Å². The predicted octanol–water partition coefficient (Wildman–Crippen LogP) is 1.32. The number of nitro benzene ring substituents is 1. The summed E-state index contributed by atoms with van der Waals surface area (Å²) in [5.41, 5.74) is 6.24. The number of hydrogen-bond donors (Lipinski definition) is 1. The molecule has 2 N–H and O–H groups in total. The molecule has 1 aromatic heterocycles. The zero-order valence-electron chi connectivity index (χ0n) is 15.2. The van der Waals surface area contributed by atoms with Gasteiger partial charge in [0.05, 0.1) is 23.8 Å². The van der Waals surface area contributed by atoms with Gasteiger partial charge in [0.25, 0.3) is 11.6 Å². The molecule has 146 valence electrons. The van der Waals surface area contributed by atoms with Crippen LogP contribution in [0.5, 0.6) is 0 Å². The van der Waals surface area contributed by atoms with Gasteiger partial charge in [0.15, 0.2) is 5.72 Å². The van der Waals surface area contributed by atoms with E-state index in [0.29, 0.717) is 36.8 Å². The number of nitro groups is 1. The lowest BCUT2D eigenvalue weighted by Gasteiger charge is -2.36. The third kappa shape index (κ3) is 2.46. The third-order valence-corrected chi connectivity index (χ3v) is 5.29. The summed E-state index contributed by atoms with van der Waals surface area (Å²) in [5, 5.41) is 15.8. The number of nitrogens with two attached hydrogens (primary N) is 1. The highest BCUT2D eigenvalue weighted by Gasteiger charge is 2.50. The van der Waals surface area contributed by atoms with E-state index < -0.39 is 16.6 Å². The van der Waals surface area contributed by atoms with Crippen LogP contribution < -0.4 is 5.73 Å². The molecule has 0 radical (unpaired) electrons. The molecule has 10 heteroatoms. The number of fused-ring (bicyclic) bond motifs is 5. The fraction of sp³-hybridized carbons (Fsp3) is 0.211. The van der Waals surface area contributed by atoms with Crippen LogP contribution in [0.3, 0.4) is 0 Å². The van der Waals surface area contributed by atoms with Gasteiger partial charge in [0, 0.05) is 29.8 Å². The molecular weight excluding hydrogens is 376 g/mol. The highest BCUT2D eigenvalue weighted by Crippen LogP contribution is 2.46. The number of amides is 1. The normalized spacial score (nSPS) is 20.4. The smallest absolute Gasteiger partial charge is 0.288 e. The van der Waals surface area contributed by atoms with Crippen LogP contribution in [0.1, 0.15) is 27.6 Å². The molecule has 1 atom stereocenters. The number of hydrogen-bond acceptors (Lipinski definition) is 7. The summed E-state index contributed by atoms with van der Waals surface area (Å²) < 4.78 is 7.81. The Balaban J connectivity index is 1.84. The molecule has 10 nitrogen and oxygen atoms in total. The van der Waals surface area contributed by atoms with Gasteiger partial charge in [-0.3, -0.25) is 19.8 Å². The van der Waals surface area contributed by atoms with Gasteiger partial charge in [0.1, 0.15) is 5.82 Å². The number of aromatic nitrogens is 3. The third-order valence-electron chi connectivity index (χ3n) is 5.29. The van der Waals surface area contributed by atoms with Crippen molar-refractivity contribution < 1.29 is 14.5 Å². The van der Waals surface area contributed by atoms with E-state index in [-0.39, 0.29) is 11.5 Å². The monoisotopic (exact) mass is 392 g/mol. The number of non-ortho nitro benzene ring substituents is 1. The molecule has 1 amide bonds. The molecular formula is C19H16N6O4. The van der Waals surface area contributed by atoms with E-state index in [4.69, 9.17) is 10.5 Å². The fourth-order valence-corrected chi connectivity index (χ4v) is 4.08. The quantitative estimate of drug-likeness (QED) is 0.525. The van der Waals surface area contributed by atoms with E-state index in [9.17, 15) is 14.9 Å². The zero-order chi connectivity index (χ0) is 20.2. The van der Waals surface area contributed by atoms with Crippen LogP contribution in [0.25, 0.3) is 5.69 Å². The van der Waals surface area contributed by atoms with Crippen molar-refractivity contribution in [2.75, 3.05) is 13.2 Å². The first-order valence-electron chi connectivity index (χ1n) is 9.00. The second kappa shape index (κ2) is 6.19. The summed E-state index contributed by atoms with van der Waals surface area (Å²) in [7, 11) is 0. The van der Waals surface area contributed by atoms with E-state index in [0.717, 1.165) is 5.56 Å². The van der Waals surface area contributed by atoms with Crippen LogP contribution in [0.2, 0.25) is 0 Å². The van der Waals surface area contributed by atoms with Crippen molar-refractivity contribution in [3.8, 4) is 5.69 Å². The first-order chi connectivity index (χ1) is 14.0. The predicted molar refractivity (Wildman–Crippen MR) is 100 cm³/mol. The van der Waals surface area contributed by atoms with Gasteiger partial charge in [-0.15, -0.1) is 5.10 Å². The van der Waals surface area contributed by atoms with Gasteiger partial charge in [-0.05, 0) is 6.07 Å². The van der Waals surface area contributed by atoms with Gasteiger partial charge in [-0.1, -0.05) is 30.3 Å². The minimum Gasteiger partial charge on any atom is -0.363 e. The van der Waals surface area contributed by atoms with Crippen molar-refractivity contribution in [2.24, 2.45) is 5.73 Å². The van der Waals surface area contributed by atoms with E-state index >= 15 is 0 Å². The minimum atomic E-state index is -1.03. The number of carbonyl (C=O) groups is 1. The van der Waals surface area contributed by atoms with E-state index in [1.54, 1.807) is 6.07 Å². The molecule has 3 aromatic rings. The number of nitrogens with zero attached hydrogens (tertiary/aromatic N) is 5. The Labute approximate surface area is 164 Å². The second-order valence-electron chi connectivity index (χ2n) is 6.87. The number of ether oxygens (including phenoxy) is 1. The molecule has 1 unspecified atom stereocenters. The maximum absolute atomic E-state index is 11.6. The SMILES string of the molecule is NC(=O)c1nc2n(n1)-c1ccc([N+](=O)[O-])cc1C1(c3ccccc3)OCCN1C2. The lowest BCUT2D eigenvalue weighted by atomic mass is 9.91. The van der Waals surface area contributed by atoms with Crippen molar-refractivity contribution in [3.63, 3.8) is 0 Å². The molecule has 1 fully saturated rings. The molecule has 2 aromatic carbocycles. The molecule has 0 bridgehead atoms. The van der Waals surface area contributed by atoms with E-state index in [1.807, 2.05) is 35.2 Å². The standard InChI is InChI=1S/C19H16N6O4/c20-17(26)18-21-16-11-23-8-9-29-19(23,12-4-2-1-3-5-12)14-10-13(25(27)28)6-7-15(14)24(16)22-18/h1-7,10H,8-9,11H2,(H2,20,26). The molecule has 2 aliphatic heterocycles. The van der Waals surface area contributed by atoms with Gasteiger partial charge < -0.3 is 10.5 Å². The van der Waals surface area contributed by atoms with Crippen molar-refractivity contribution in [2.45, 2.75) is 12.3 Å². The Kier molecular flexibility index (Phi) is 3.73. The molecule has 29 heavy (non-hydrogen) atoms. The van der Waals surface area contributed by atoms with Crippen molar-refractivity contribution in [1.82, 2.24) is 19.7 Å². The molecule has 5 rings (SSSR count). The Bertz CT molecular complexity index is 1140. The largest absolute Gasteiger partial charge is 0.363 e. The van der Waals surface area contributed by atoms with Crippen molar-refractivity contribution in [1.29, 1.82) is 0 Å². The summed E-state index contributed by atoms with van der Waals surface area (Å²) >= 11 is 0. The second-order valence-corrected chi connectivity index (χ2v) is 6.87. The number of rotatable bonds is 3. The fourth-order valence-electron chi connectivity index (χ4n) is 4.08. The van der Waals surface area contributed by atoms with Crippen LogP contribution in [0.15, 0.2) is 48.5 Å². The Morgan fingerprint density at radius 2 is 2.03 bits per heavy atom. The summed E-state index contributed by atoms with van der Waals surface area (Å²) in [6.07, 6.45) is 0. The molecule has 0 saturated carbocycles. The first-order valence-corrected chi connectivity index (χ1v) is 9.00. The lowest BCUT2D eigenvalue weighted by molar-refractivity contribution is -0.385. The van der Waals surface area contributed by atoms with Crippen molar-refractivity contribution in [3.05, 3.63) is 81.4 Å². The van der Waals surface area contributed by atoms with Gasteiger partial charge >= 0.3 is 0 Å². The van der Waals surface area contributed by atoms with Crippen LogP contribution in [-0.4, -0.2) is 43.6 Å². The van der Waals surface area contributed by atoms with Gasteiger partial charge in [0.2, 0.25) is 5.82 Å². The number of carbonyl (C=O) groups excluding carboxylic acids is 1. The molecule has 0 spiro atoms. The minimum absolute atomic E-state index is 0.0619. The summed E-state index contributed by atoms with van der Waals surface area (Å²) in [5.74, 6) is -0.324. The Hall–Kier alpha value is -3.63. The topological polar surface area (TPSA) is 129 Å². The van der Waals surface area contributed by atoms with Crippen molar-refractivity contribution >= 4 is 11.6 Å². The highest BCUT2D eigenvalue weighted by molar-refractivity contribution is 5.88. The Morgan fingerprint density at radius 3 is 2.76 bits per heavy atom. The molecule has 0 aliphatic carbocycles. The molecule has 3 heterocycles. The van der Waals surface area contributed by atoms with Crippen LogP contribution >= 0.6 is 0 Å². The number of benzene rings is 2. The molecule has 2 aliphatic rings. The van der Waals surface area contributed by atoms with Crippen LogP contribution in [-0.2, 0) is 17.0 Å². The average Bonchev–Trinajstić information content (AvgIpc) is 3.32. The first kappa shape index (κ1) is 17.5. The van der Waals surface area contributed by atoms with E-state index in [1.165, 1.54) is 16.8 Å². The zero-order valence-corrected chi connectivity index (χ0v) is 15.2. The van der Waals surface area contributed by atoms with E-state index in [2.05, 4.69) is 10.1 Å². The number of primary amides is 1. The highest BCUT2D eigenvalue weighted by atomic mass is 16.6. The van der Waals surface area contributed by atoms with Crippen LogP contribution in [0, 0.1) is 10.1 Å². The Morgan fingerprint density at radius 1 is 1.24 bits per heavy atom. The van der Waals surface area contributed by atoms with Crippen LogP contribution in [0.4, 0.5) is 5.69 Å².